The molecule has 6 heteroatoms. The highest BCUT2D eigenvalue weighted by Gasteiger charge is 2.21. The van der Waals surface area contributed by atoms with Crippen molar-refractivity contribution in [1.82, 2.24) is 9.88 Å². The second-order valence-corrected chi connectivity index (χ2v) is 7.48. The number of thiazole rings is 1. The van der Waals surface area contributed by atoms with Gasteiger partial charge >= 0.3 is 0 Å². The van der Waals surface area contributed by atoms with E-state index in [2.05, 4.69) is 40.3 Å². The predicted octanol–water partition coefficient (Wildman–Crippen LogP) is 2.89. The van der Waals surface area contributed by atoms with Crippen molar-refractivity contribution < 1.29 is 9.84 Å². The number of aliphatic hydroxyl groups excluding tert-OH is 1. The zero-order valence-electron chi connectivity index (χ0n) is 14.5. The first-order chi connectivity index (χ1) is 11.5. The van der Waals surface area contributed by atoms with E-state index in [0.717, 1.165) is 36.8 Å². The number of fused-ring (bicyclic) bond motifs is 1. The minimum atomic E-state index is -0.578. The third-order valence-corrected chi connectivity index (χ3v) is 5.38. The van der Waals surface area contributed by atoms with Gasteiger partial charge in [0, 0.05) is 30.2 Å². The van der Waals surface area contributed by atoms with Gasteiger partial charge in [0.15, 0.2) is 5.13 Å². The number of aliphatic hydroxyl groups is 1. The topological polar surface area (TPSA) is 57.6 Å². The van der Waals surface area contributed by atoms with Crippen LogP contribution in [0, 0.1) is 0 Å². The summed E-state index contributed by atoms with van der Waals surface area (Å²) in [5, 5.41) is 13.1. The molecule has 5 nitrogen and oxygen atoms in total. The fraction of sp³-hybridized carbons (Fsp3) is 0.500. The van der Waals surface area contributed by atoms with Crippen LogP contribution in [0.4, 0.5) is 5.13 Å². The van der Waals surface area contributed by atoms with E-state index in [1.165, 1.54) is 16.0 Å². The Balaban J connectivity index is 1.68. The summed E-state index contributed by atoms with van der Waals surface area (Å²) < 4.78 is 5.36. The lowest BCUT2D eigenvalue weighted by Gasteiger charge is -2.26. The summed E-state index contributed by atoms with van der Waals surface area (Å²) in [6, 6.07) is 6.90. The number of aromatic nitrogens is 1. The van der Waals surface area contributed by atoms with Crippen LogP contribution in [0.2, 0.25) is 0 Å². The molecule has 0 amide bonds. The van der Waals surface area contributed by atoms with Crippen molar-refractivity contribution in [3.05, 3.63) is 40.4 Å². The van der Waals surface area contributed by atoms with Crippen LogP contribution < -0.4 is 10.1 Å². The maximum absolute atomic E-state index is 9.39. The molecule has 1 aromatic heterocycles. The second-order valence-electron chi connectivity index (χ2n) is 6.36. The van der Waals surface area contributed by atoms with E-state index < -0.39 is 6.23 Å². The molecule has 0 bridgehead atoms. The lowest BCUT2D eigenvalue weighted by Crippen LogP contribution is -2.33. The van der Waals surface area contributed by atoms with Crippen molar-refractivity contribution in [2.75, 3.05) is 19.0 Å². The molecule has 24 heavy (non-hydrogen) atoms. The fourth-order valence-electron chi connectivity index (χ4n) is 3.15. The Bertz CT molecular complexity index is 687. The van der Waals surface area contributed by atoms with E-state index in [0.29, 0.717) is 6.04 Å². The molecule has 2 aromatic rings. The molecule has 130 valence electrons. The van der Waals surface area contributed by atoms with Gasteiger partial charge in [-0.3, -0.25) is 4.90 Å². The van der Waals surface area contributed by atoms with E-state index in [4.69, 9.17) is 4.74 Å². The number of rotatable bonds is 5. The fourth-order valence-corrected chi connectivity index (χ4v) is 4.07. The highest BCUT2D eigenvalue weighted by atomic mass is 32.1. The number of hydrogen-bond acceptors (Lipinski definition) is 6. The molecule has 1 aliphatic rings. The minimum absolute atomic E-state index is 0.481. The number of benzene rings is 1. The Morgan fingerprint density at radius 1 is 1.46 bits per heavy atom. The number of nitrogens with one attached hydrogen (secondary N) is 1. The van der Waals surface area contributed by atoms with Gasteiger partial charge in [-0.05, 0) is 49.9 Å². The van der Waals surface area contributed by atoms with Gasteiger partial charge in [0.25, 0.3) is 0 Å². The predicted molar refractivity (Wildman–Crippen MR) is 97.7 cm³/mol. The Labute approximate surface area is 147 Å². The number of nitrogens with zero attached hydrogens (tertiary/aromatic N) is 2. The molecule has 3 rings (SSSR count). The van der Waals surface area contributed by atoms with Crippen LogP contribution in [0.5, 0.6) is 5.75 Å². The van der Waals surface area contributed by atoms with Crippen LogP contribution in [0.25, 0.3) is 0 Å². The third kappa shape index (κ3) is 4.06. The Hall–Kier alpha value is -1.63. The van der Waals surface area contributed by atoms with Crippen molar-refractivity contribution in [2.45, 2.75) is 45.5 Å². The van der Waals surface area contributed by atoms with Gasteiger partial charge in [-0.1, -0.05) is 6.07 Å². The van der Waals surface area contributed by atoms with E-state index in [1.54, 1.807) is 25.4 Å². The average molecular weight is 347 g/mol. The van der Waals surface area contributed by atoms with Crippen LogP contribution in [-0.4, -0.2) is 40.9 Å². The maximum atomic E-state index is 9.39. The van der Waals surface area contributed by atoms with Crippen molar-refractivity contribution in [2.24, 2.45) is 0 Å². The SMILES string of the molecule is COc1ccc2c(c1)CCN(Cc1cnc(NC(C)O)s1)[C@@H](C)C2. The van der Waals surface area contributed by atoms with Gasteiger partial charge in [-0.2, -0.15) is 0 Å². The zero-order chi connectivity index (χ0) is 17.1. The number of hydrogen-bond donors (Lipinski definition) is 2. The third-order valence-electron chi connectivity index (χ3n) is 4.47. The van der Waals surface area contributed by atoms with Crippen LogP contribution >= 0.6 is 11.3 Å². The Morgan fingerprint density at radius 2 is 2.29 bits per heavy atom. The van der Waals surface area contributed by atoms with E-state index in [9.17, 15) is 5.11 Å². The van der Waals surface area contributed by atoms with Gasteiger partial charge in [0.2, 0.25) is 0 Å². The van der Waals surface area contributed by atoms with Gasteiger partial charge in [-0.15, -0.1) is 11.3 Å². The lowest BCUT2D eigenvalue weighted by molar-refractivity contribution is 0.209. The molecule has 0 saturated carbocycles. The molecule has 0 fully saturated rings. The van der Waals surface area contributed by atoms with E-state index in [1.807, 2.05) is 6.20 Å². The van der Waals surface area contributed by atoms with E-state index in [-0.39, 0.29) is 0 Å². The average Bonchev–Trinajstić information content (AvgIpc) is 2.91. The van der Waals surface area contributed by atoms with Crippen molar-refractivity contribution in [3.63, 3.8) is 0 Å². The molecule has 1 aliphatic heterocycles. The summed E-state index contributed by atoms with van der Waals surface area (Å²) in [5.41, 5.74) is 2.82. The van der Waals surface area contributed by atoms with Gasteiger partial charge in [-0.25, -0.2) is 4.98 Å². The molecule has 1 aromatic carbocycles. The molecule has 1 unspecified atom stereocenters. The molecule has 0 spiro atoms. The molecule has 2 atom stereocenters. The molecule has 2 heterocycles. The molecule has 2 N–H and O–H groups in total. The van der Waals surface area contributed by atoms with Crippen LogP contribution in [0.3, 0.4) is 0 Å². The maximum Gasteiger partial charge on any atom is 0.184 e. The monoisotopic (exact) mass is 347 g/mol. The first-order valence-electron chi connectivity index (χ1n) is 8.34. The molecule has 0 aliphatic carbocycles. The van der Waals surface area contributed by atoms with Gasteiger partial charge < -0.3 is 15.2 Å². The molecule has 0 radical (unpaired) electrons. The first kappa shape index (κ1) is 17.2. The van der Waals surface area contributed by atoms with Crippen molar-refractivity contribution in [1.29, 1.82) is 0 Å². The largest absolute Gasteiger partial charge is 0.497 e. The first-order valence-corrected chi connectivity index (χ1v) is 9.16. The standard InChI is InChI=1S/C18H25N3O2S/c1-12-8-14-4-5-16(23-3)9-15(14)6-7-21(12)11-17-10-19-18(24-17)20-13(2)22/h4-5,9-10,12-13,22H,6-8,11H2,1-3H3,(H,19,20)/t12-,13?/m0/s1. The number of ether oxygens (including phenoxy) is 1. The summed E-state index contributed by atoms with van der Waals surface area (Å²) in [7, 11) is 1.72. The molecule has 0 saturated heterocycles. The summed E-state index contributed by atoms with van der Waals surface area (Å²) in [5.74, 6) is 0.936. The van der Waals surface area contributed by atoms with Crippen LogP contribution in [0.1, 0.15) is 29.9 Å². The second kappa shape index (κ2) is 7.51. The Morgan fingerprint density at radius 3 is 3.04 bits per heavy atom. The summed E-state index contributed by atoms with van der Waals surface area (Å²) in [6.07, 6.45) is 3.42. The van der Waals surface area contributed by atoms with Crippen molar-refractivity contribution in [3.8, 4) is 5.75 Å². The molecular weight excluding hydrogens is 322 g/mol. The summed E-state index contributed by atoms with van der Waals surface area (Å²) >= 11 is 1.61. The van der Waals surface area contributed by atoms with Crippen LogP contribution in [0.15, 0.2) is 24.4 Å². The van der Waals surface area contributed by atoms with Gasteiger partial charge in [0.1, 0.15) is 12.0 Å². The highest BCUT2D eigenvalue weighted by Crippen LogP contribution is 2.27. The normalized spacial score (nSPS) is 19.4. The quantitative estimate of drug-likeness (QED) is 0.815. The Kier molecular flexibility index (Phi) is 5.38. The lowest BCUT2D eigenvalue weighted by atomic mass is 10.0. The minimum Gasteiger partial charge on any atom is -0.497 e. The zero-order valence-corrected chi connectivity index (χ0v) is 15.3. The van der Waals surface area contributed by atoms with Gasteiger partial charge in [0.05, 0.1) is 7.11 Å². The van der Waals surface area contributed by atoms with Crippen LogP contribution in [-0.2, 0) is 19.4 Å². The van der Waals surface area contributed by atoms with E-state index >= 15 is 0 Å². The smallest absolute Gasteiger partial charge is 0.184 e. The molecular formula is C18H25N3O2S. The number of anilines is 1. The van der Waals surface area contributed by atoms with Crippen molar-refractivity contribution >= 4 is 16.5 Å². The summed E-state index contributed by atoms with van der Waals surface area (Å²) in [4.78, 5) is 8.06. The summed E-state index contributed by atoms with van der Waals surface area (Å²) in [6.45, 7) is 5.91. The number of methoxy groups -OCH3 is 1. The highest BCUT2D eigenvalue weighted by molar-refractivity contribution is 7.15.